The number of hydrogen-bond acceptors (Lipinski definition) is 3. The van der Waals surface area contributed by atoms with Gasteiger partial charge in [0, 0.05) is 13.1 Å². The number of aryl methyl sites for hydroxylation is 1. The van der Waals surface area contributed by atoms with Gasteiger partial charge in [-0.05, 0) is 36.1 Å². The van der Waals surface area contributed by atoms with E-state index < -0.39 is 0 Å². The van der Waals surface area contributed by atoms with Crippen molar-refractivity contribution in [3.63, 3.8) is 0 Å². The van der Waals surface area contributed by atoms with E-state index in [1.165, 1.54) is 0 Å². The van der Waals surface area contributed by atoms with Gasteiger partial charge in [-0.15, -0.1) is 0 Å². The molecule has 0 fully saturated rings. The van der Waals surface area contributed by atoms with Gasteiger partial charge >= 0.3 is 0 Å². The monoisotopic (exact) mass is 259 g/mol. The highest BCUT2D eigenvalue weighted by molar-refractivity contribution is 5.75. The number of nitrogens with two attached hydrogens (primary N) is 1. The predicted octanol–water partition coefficient (Wildman–Crippen LogP) is 1.81. The van der Waals surface area contributed by atoms with Crippen molar-refractivity contribution in [3.8, 4) is 6.07 Å². The van der Waals surface area contributed by atoms with Gasteiger partial charge in [0.2, 0.25) is 5.91 Å². The Balaban J connectivity index is 2.83. The van der Waals surface area contributed by atoms with Gasteiger partial charge in [-0.2, -0.15) is 5.26 Å². The van der Waals surface area contributed by atoms with Crippen LogP contribution in [0.1, 0.15) is 30.5 Å². The molecule has 1 aromatic carbocycles. The van der Waals surface area contributed by atoms with Crippen LogP contribution in [-0.2, 0) is 11.3 Å². The van der Waals surface area contributed by atoms with Crippen LogP contribution >= 0.6 is 0 Å². The van der Waals surface area contributed by atoms with E-state index in [1.54, 1.807) is 6.07 Å². The van der Waals surface area contributed by atoms with Crippen molar-refractivity contribution in [3.05, 3.63) is 34.9 Å². The van der Waals surface area contributed by atoms with Gasteiger partial charge < -0.3 is 5.73 Å². The molecule has 0 bridgehead atoms. The fraction of sp³-hybridized carbons (Fsp3) is 0.467. The summed E-state index contributed by atoms with van der Waals surface area (Å²) in [6.45, 7) is 7.96. The first-order valence-corrected chi connectivity index (χ1v) is 6.42. The van der Waals surface area contributed by atoms with E-state index >= 15 is 0 Å². The molecule has 0 aliphatic heterocycles. The number of carbonyl (C=O) groups excluding carboxylic acids is 1. The lowest BCUT2D eigenvalue weighted by molar-refractivity contribution is -0.119. The smallest absolute Gasteiger partial charge is 0.231 e. The maximum absolute atomic E-state index is 11.1. The van der Waals surface area contributed by atoms with Crippen molar-refractivity contribution in [1.82, 2.24) is 4.90 Å². The molecule has 1 rings (SSSR count). The highest BCUT2D eigenvalue weighted by atomic mass is 16.1. The molecule has 19 heavy (non-hydrogen) atoms. The average Bonchev–Trinajstić information content (AvgIpc) is 2.30. The molecule has 0 saturated carbocycles. The lowest BCUT2D eigenvalue weighted by Gasteiger charge is -2.23. The molecule has 0 spiro atoms. The Labute approximate surface area is 114 Å². The van der Waals surface area contributed by atoms with E-state index in [0.29, 0.717) is 18.0 Å². The molecule has 0 saturated heterocycles. The van der Waals surface area contributed by atoms with Gasteiger partial charge in [0.05, 0.1) is 18.2 Å². The number of benzene rings is 1. The summed E-state index contributed by atoms with van der Waals surface area (Å²) in [5, 5.41) is 8.85. The van der Waals surface area contributed by atoms with Crippen molar-refractivity contribution in [2.24, 2.45) is 11.7 Å². The van der Waals surface area contributed by atoms with Crippen molar-refractivity contribution in [2.45, 2.75) is 27.3 Å². The summed E-state index contributed by atoms with van der Waals surface area (Å²) < 4.78 is 0. The van der Waals surface area contributed by atoms with E-state index in [-0.39, 0.29) is 12.5 Å². The maximum Gasteiger partial charge on any atom is 0.231 e. The fourth-order valence-electron chi connectivity index (χ4n) is 2.11. The number of carbonyl (C=O) groups is 1. The maximum atomic E-state index is 11.1. The summed E-state index contributed by atoms with van der Waals surface area (Å²) in [7, 11) is 0. The van der Waals surface area contributed by atoms with Gasteiger partial charge in [-0.1, -0.05) is 19.9 Å². The van der Waals surface area contributed by atoms with Crippen LogP contribution in [0.3, 0.4) is 0 Å². The van der Waals surface area contributed by atoms with Gasteiger partial charge in [-0.3, -0.25) is 9.69 Å². The van der Waals surface area contributed by atoms with Crippen LogP contribution in [0.15, 0.2) is 18.2 Å². The second-order valence-corrected chi connectivity index (χ2v) is 5.28. The zero-order valence-electron chi connectivity index (χ0n) is 11.8. The van der Waals surface area contributed by atoms with Gasteiger partial charge in [0.15, 0.2) is 0 Å². The lowest BCUT2D eigenvalue weighted by Crippen LogP contribution is -2.35. The number of hydrogen-bond donors (Lipinski definition) is 1. The second-order valence-electron chi connectivity index (χ2n) is 5.28. The van der Waals surface area contributed by atoms with Crippen molar-refractivity contribution in [2.75, 3.05) is 13.1 Å². The molecule has 0 atom stereocenters. The largest absolute Gasteiger partial charge is 0.369 e. The Morgan fingerprint density at radius 1 is 1.47 bits per heavy atom. The molecule has 0 aromatic heterocycles. The molecule has 0 heterocycles. The summed E-state index contributed by atoms with van der Waals surface area (Å²) in [6, 6.07) is 7.75. The van der Waals surface area contributed by atoms with Crippen LogP contribution in [0.5, 0.6) is 0 Å². The molecule has 4 heteroatoms. The Bertz CT molecular complexity index is 489. The third-order valence-corrected chi connectivity index (χ3v) is 2.87. The molecule has 0 radical (unpaired) electrons. The minimum absolute atomic E-state index is 0.262. The zero-order chi connectivity index (χ0) is 14.4. The predicted molar refractivity (Wildman–Crippen MR) is 75.2 cm³/mol. The summed E-state index contributed by atoms with van der Waals surface area (Å²) in [5.41, 5.74) is 8.13. The van der Waals surface area contributed by atoms with Gasteiger partial charge in [0.1, 0.15) is 0 Å². The highest BCUT2D eigenvalue weighted by Crippen LogP contribution is 2.14. The van der Waals surface area contributed by atoms with Crippen LogP contribution < -0.4 is 5.73 Å². The standard InChI is InChI=1S/C15H21N3O/c1-11(2)8-18(10-15(17)19)9-14-5-4-13(7-16)6-12(14)3/h4-6,11H,8-10H2,1-3H3,(H2,17,19). The topological polar surface area (TPSA) is 70.1 Å². The third kappa shape index (κ3) is 5.11. The van der Waals surface area contributed by atoms with Crippen LogP contribution in [0.2, 0.25) is 0 Å². The van der Waals surface area contributed by atoms with Crippen molar-refractivity contribution in [1.29, 1.82) is 5.26 Å². The molecule has 0 aliphatic carbocycles. The normalized spacial score (nSPS) is 10.7. The summed E-state index contributed by atoms with van der Waals surface area (Å²) in [6.07, 6.45) is 0. The Morgan fingerprint density at radius 2 is 2.16 bits per heavy atom. The Morgan fingerprint density at radius 3 is 2.63 bits per heavy atom. The average molecular weight is 259 g/mol. The van der Waals surface area contributed by atoms with E-state index in [4.69, 9.17) is 11.0 Å². The van der Waals surface area contributed by atoms with Crippen molar-refractivity contribution >= 4 is 5.91 Å². The number of primary amides is 1. The first-order valence-electron chi connectivity index (χ1n) is 6.42. The number of amides is 1. The third-order valence-electron chi connectivity index (χ3n) is 2.87. The minimum atomic E-state index is -0.313. The molecular formula is C15H21N3O. The van der Waals surface area contributed by atoms with Crippen molar-refractivity contribution < 1.29 is 4.79 Å². The molecule has 0 aliphatic rings. The molecule has 1 amide bonds. The molecule has 2 N–H and O–H groups in total. The fourth-order valence-corrected chi connectivity index (χ4v) is 2.11. The van der Waals surface area contributed by atoms with E-state index in [9.17, 15) is 4.79 Å². The van der Waals surface area contributed by atoms with Crippen LogP contribution in [0.25, 0.3) is 0 Å². The van der Waals surface area contributed by atoms with E-state index in [1.807, 2.05) is 24.0 Å². The highest BCUT2D eigenvalue weighted by Gasteiger charge is 2.12. The quantitative estimate of drug-likeness (QED) is 0.847. The molecule has 0 unspecified atom stereocenters. The molecule has 1 aromatic rings. The molecule has 4 nitrogen and oxygen atoms in total. The number of rotatable bonds is 6. The van der Waals surface area contributed by atoms with Crippen LogP contribution in [0, 0.1) is 24.2 Å². The lowest BCUT2D eigenvalue weighted by atomic mass is 10.0. The van der Waals surface area contributed by atoms with Gasteiger partial charge in [0.25, 0.3) is 0 Å². The first-order chi connectivity index (χ1) is 8.92. The first kappa shape index (κ1) is 15.2. The number of nitrogens with zero attached hydrogens (tertiary/aromatic N) is 2. The van der Waals surface area contributed by atoms with E-state index in [2.05, 4.69) is 19.9 Å². The van der Waals surface area contributed by atoms with Crippen LogP contribution in [-0.4, -0.2) is 23.9 Å². The second kappa shape index (κ2) is 6.91. The molecule has 102 valence electrons. The number of nitriles is 1. The Hall–Kier alpha value is -1.86. The Kier molecular flexibility index (Phi) is 5.53. The summed E-state index contributed by atoms with van der Waals surface area (Å²) in [5.74, 6) is 0.157. The SMILES string of the molecule is Cc1cc(C#N)ccc1CN(CC(N)=O)CC(C)C. The van der Waals surface area contributed by atoms with E-state index in [0.717, 1.165) is 17.7 Å². The molecular weight excluding hydrogens is 238 g/mol. The summed E-state index contributed by atoms with van der Waals surface area (Å²) >= 11 is 0. The summed E-state index contributed by atoms with van der Waals surface area (Å²) in [4.78, 5) is 13.1. The van der Waals surface area contributed by atoms with Crippen LogP contribution in [0.4, 0.5) is 0 Å². The zero-order valence-corrected chi connectivity index (χ0v) is 11.8. The minimum Gasteiger partial charge on any atom is -0.369 e. The van der Waals surface area contributed by atoms with Gasteiger partial charge in [-0.25, -0.2) is 0 Å².